The Labute approximate surface area is 222 Å². The molecule has 7 aromatic rings. The van der Waals surface area contributed by atoms with Crippen molar-refractivity contribution in [1.82, 2.24) is 0 Å². The Hall–Kier alpha value is -4.94. The maximum absolute atomic E-state index is 2.36. The minimum absolute atomic E-state index is 1.25. The van der Waals surface area contributed by atoms with Crippen LogP contribution in [0.4, 0.5) is 0 Å². The van der Waals surface area contributed by atoms with Gasteiger partial charge in [-0.2, -0.15) is 0 Å². The first kappa shape index (κ1) is 21.2. The molecule has 0 spiro atoms. The molecular weight excluding hydrogens is 456 g/mol. The summed E-state index contributed by atoms with van der Waals surface area (Å²) in [6.45, 7) is 0. The second kappa shape index (κ2) is 8.30. The van der Waals surface area contributed by atoms with Gasteiger partial charge in [0.15, 0.2) is 0 Å². The number of hydrogen-bond acceptors (Lipinski definition) is 0. The molecule has 0 saturated heterocycles. The van der Waals surface area contributed by atoms with Crippen LogP contribution in [0.15, 0.2) is 146 Å². The fourth-order valence-electron chi connectivity index (χ4n) is 6.48. The van der Waals surface area contributed by atoms with Crippen LogP contribution in [-0.4, -0.2) is 0 Å². The van der Waals surface area contributed by atoms with Crippen molar-refractivity contribution < 1.29 is 0 Å². The smallest absolute Gasteiger partial charge is 0.000741 e. The van der Waals surface area contributed by atoms with Crippen LogP contribution in [0.3, 0.4) is 0 Å². The standard InChI is InChI=1S/C38H24/c1-4-13-25(14-5-1)28-23-24-33-36-29(28)21-12-22-32(36)37-34(26-15-6-2-7-16-26)30-19-10-11-20-31(30)35(38(33)37)27-17-8-3-9-18-27/h1-24H. The van der Waals surface area contributed by atoms with Crippen LogP contribution in [0.5, 0.6) is 0 Å². The zero-order valence-electron chi connectivity index (χ0n) is 20.9. The highest BCUT2D eigenvalue weighted by atomic mass is 14.3. The Morgan fingerprint density at radius 2 is 0.658 bits per heavy atom. The Balaban J connectivity index is 1.59. The molecule has 0 unspecified atom stereocenters. The summed E-state index contributed by atoms with van der Waals surface area (Å²) in [5.74, 6) is 0. The van der Waals surface area contributed by atoms with E-state index in [-0.39, 0.29) is 0 Å². The minimum Gasteiger partial charge on any atom is -0.0622 e. The molecule has 0 aliphatic heterocycles. The second-order valence-corrected chi connectivity index (χ2v) is 10.0. The van der Waals surface area contributed by atoms with Gasteiger partial charge in [-0.1, -0.05) is 146 Å². The van der Waals surface area contributed by atoms with E-state index < -0.39 is 0 Å². The molecule has 0 saturated carbocycles. The van der Waals surface area contributed by atoms with Gasteiger partial charge in [0.1, 0.15) is 0 Å². The Morgan fingerprint density at radius 3 is 1.21 bits per heavy atom. The van der Waals surface area contributed by atoms with Crippen molar-refractivity contribution in [1.29, 1.82) is 0 Å². The Kier molecular flexibility index (Phi) is 4.62. The van der Waals surface area contributed by atoms with E-state index in [0.717, 1.165) is 0 Å². The predicted octanol–water partition coefficient (Wildman–Crippen LogP) is 10.6. The summed E-state index contributed by atoms with van der Waals surface area (Å²) in [7, 11) is 0. The van der Waals surface area contributed by atoms with Crippen molar-refractivity contribution in [2.24, 2.45) is 0 Å². The van der Waals surface area contributed by atoms with Crippen LogP contribution in [-0.2, 0) is 0 Å². The molecule has 1 aliphatic carbocycles. The minimum atomic E-state index is 1.25. The van der Waals surface area contributed by atoms with Gasteiger partial charge >= 0.3 is 0 Å². The van der Waals surface area contributed by atoms with E-state index in [1.54, 1.807) is 0 Å². The van der Waals surface area contributed by atoms with E-state index in [0.29, 0.717) is 0 Å². The molecule has 1 aliphatic rings. The van der Waals surface area contributed by atoms with Gasteiger partial charge in [0.25, 0.3) is 0 Å². The molecule has 38 heavy (non-hydrogen) atoms. The molecule has 0 heteroatoms. The molecule has 0 radical (unpaired) electrons. The average Bonchev–Trinajstić information content (AvgIpc) is 3.32. The summed E-state index contributed by atoms with van der Waals surface area (Å²) < 4.78 is 0. The zero-order chi connectivity index (χ0) is 25.1. The molecule has 0 heterocycles. The van der Waals surface area contributed by atoms with Gasteiger partial charge in [-0.15, -0.1) is 0 Å². The van der Waals surface area contributed by atoms with Crippen molar-refractivity contribution in [2.75, 3.05) is 0 Å². The van der Waals surface area contributed by atoms with Gasteiger partial charge < -0.3 is 0 Å². The Bertz CT molecular complexity index is 1890. The topological polar surface area (TPSA) is 0 Å². The molecule has 176 valence electrons. The van der Waals surface area contributed by atoms with Gasteiger partial charge in [0.05, 0.1) is 0 Å². The normalized spacial score (nSPS) is 11.7. The van der Waals surface area contributed by atoms with Crippen molar-refractivity contribution in [3.63, 3.8) is 0 Å². The van der Waals surface area contributed by atoms with Crippen LogP contribution in [0.2, 0.25) is 0 Å². The highest BCUT2D eigenvalue weighted by molar-refractivity contribution is 6.28. The van der Waals surface area contributed by atoms with Gasteiger partial charge in [-0.25, -0.2) is 0 Å². The van der Waals surface area contributed by atoms with Crippen LogP contribution in [0.25, 0.3) is 77.2 Å². The molecule has 0 nitrogen and oxygen atoms in total. The number of rotatable bonds is 3. The van der Waals surface area contributed by atoms with E-state index >= 15 is 0 Å². The molecule has 0 fully saturated rings. The van der Waals surface area contributed by atoms with Crippen molar-refractivity contribution in [3.8, 4) is 55.6 Å². The number of hydrogen-bond donors (Lipinski definition) is 0. The van der Waals surface area contributed by atoms with E-state index in [4.69, 9.17) is 0 Å². The lowest BCUT2D eigenvalue weighted by molar-refractivity contribution is 1.62. The third kappa shape index (κ3) is 2.98. The monoisotopic (exact) mass is 480 g/mol. The summed E-state index contributed by atoms with van der Waals surface area (Å²) >= 11 is 0. The quantitative estimate of drug-likeness (QED) is 0.236. The molecule has 0 bridgehead atoms. The first-order valence-corrected chi connectivity index (χ1v) is 13.2. The van der Waals surface area contributed by atoms with Crippen molar-refractivity contribution >= 4 is 21.5 Å². The SMILES string of the molecule is c1ccc(-c2c3c(c(-c4ccccc4)c4ccccc24)-c2ccc(-c4ccccc4)c4cccc-3c24)cc1. The van der Waals surface area contributed by atoms with E-state index in [9.17, 15) is 0 Å². The summed E-state index contributed by atoms with van der Waals surface area (Å²) in [4.78, 5) is 0. The largest absolute Gasteiger partial charge is 0.0622 e. The summed E-state index contributed by atoms with van der Waals surface area (Å²) in [6, 6.07) is 53.0. The average molecular weight is 481 g/mol. The van der Waals surface area contributed by atoms with E-state index in [2.05, 4.69) is 146 Å². The van der Waals surface area contributed by atoms with E-state index in [1.807, 2.05) is 0 Å². The molecule has 0 amide bonds. The van der Waals surface area contributed by atoms with Crippen LogP contribution < -0.4 is 0 Å². The molecule has 8 rings (SSSR count). The fourth-order valence-corrected chi connectivity index (χ4v) is 6.48. The summed E-state index contributed by atoms with van der Waals surface area (Å²) in [6.07, 6.45) is 0. The third-order valence-corrected chi connectivity index (χ3v) is 8.00. The lowest BCUT2D eigenvalue weighted by Gasteiger charge is -2.20. The molecule has 7 aromatic carbocycles. The lowest BCUT2D eigenvalue weighted by Crippen LogP contribution is -1.93. The molecular formula is C38H24. The van der Waals surface area contributed by atoms with Gasteiger partial charge in [-0.3, -0.25) is 0 Å². The van der Waals surface area contributed by atoms with Crippen molar-refractivity contribution in [3.05, 3.63) is 146 Å². The first-order chi connectivity index (χ1) is 18.9. The fraction of sp³-hybridized carbons (Fsp3) is 0. The molecule has 0 N–H and O–H groups in total. The van der Waals surface area contributed by atoms with Gasteiger partial charge in [0.2, 0.25) is 0 Å². The summed E-state index contributed by atoms with van der Waals surface area (Å²) in [5.41, 5.74) is 13.0. The summed E-state index contributed by atoms with van der Waals surface area (Å²) in [5, 5.41) is 5.26. The predicted molar refractivity (Wildman–Crippen MR) is 162 cm³/mol. The van der Waals surface area contributed by atoms with Crippen LogP contribution in [0, 0.1) is 0 Å². The van der Waals surface area contributed by atoms with Crippen LogP contribution >= 0.6 is 0 Å². The maximum Gasteiger partial charge on any atom is -0.000741 e. The van der Waals surface area contributed by atoms with Gasteiger partial charge in [-0.05, 0) is 77.2 Å². The molecule has 0 atom stereocenters. The van der Waals surface area contributed by atoms with Crippen LogP contribution in [0.1, 0.15) is 0 Å². The van der Waals surface area contributed by atoms with Crippen molar-refractivity contribution in [2.45, 2.75) is 0 Å². The zero-order valence-corrected chi connectivity index (χ0v) is 20.9. The Morgan fingerprint density at radius 1 is 0.237 bits per heavy atom. The highest BCUT2D eigenvalue weighted by Crippen LogP contribution is 2.58. The lowest BCUT2D eigenvalue weighted by atomic mass is 9.82. The third-order valence-electron chi connectivity index (χ3n) is 8.00. The van der Waals surface area contributed by atoms with E-state index in [1.165, 1.54) is 77.2 Å². The first-order valence-electron chi connectivity index (χ1n) is 13.2. The van der Waals surface area contributed by atoms with Gasteiger partial charge in [0, 0.05) is 0 Å². The number of benzene rings is 7. The molecule has 0 aromatic heterocycles. The number of fused-ring (bicyclic) bond motifs is 4. The highest BCUT2D eigenvalue weighted by Gasteiger charge is 2.30. The maximum atomic E-state index is 2.36. The second-order valence-electron chi connectivity index (χ2n) is 10.0.